The van der Waals surface area contributed by atoms with Crippen molar-refractivity contribution in [2.45, 2.75) is 6.18 Å². The molecular formula is C24H17Cl2F3N4O4. The fourth-order valence-electron chi connectivity index (χ4n) is 2.81. The van der Waals surface area contributed by atoms with Gasteiger partial charge in [-0.2, -0.15) is 18.3 Å². The fourth-order valence-corrected chi connectivity index (χ4v) is 3.10. The number of hydrogen-bond acceptors (Lipinski definition) is 5. The second-order valence-corrected chi connectivity index (χ2v) is 8.05. The van der Waals surface area contributed by atoms with Gasteiger partial charge >= 0.3 is 18.0 Å². The van der Waals surface area contributed by atoms with E-state index in [1.54, 1.807) is 30.3 Å². The highest BCUT2D eigenvalue weighted by Crippen LogP contribution is 2.30. The molecule has 0 atom stereocenters. The Labute approximate surface area is 218 Å². The number of anilines is 2. The van der Waals surface area contributed by atoms with Crippen molar-refractivity contribution in [2.75, 3.05) is 17.2 Å². The van der Waals surface area contributed by atoms with E-state index in [9.17, 15) is 27.6 Å². The molecular weight excluding hydrogens is 536 g/mol. The van der Waals surface area contributed by atoms with Crippen molar-refractivity contribution in [2.24, 2.45) is 5.10 Å². The van der Waals surface area contributed by atoms with Crippen LogP contribution in [0, 0.1) is 0 Å². The molecule has 3 rings (SSSR count). The Morgan fingerprint density at radius 3 is 2.32 bits per heavy atom. The Balaban J connectivity index is 1.54. The molecule has 8 nitrogen and oxygen atoms in total. The summed E-state index contributed by atoms with van der Waals surface area (Å²) < 4.78 is 43.9. The van der Waals surface area contributed by atoms with Crippen LogP contribution in [-0.4, -0.2) is 30.5 Å². The topological polar surface area (TPSA) is 109 Å². The lowest BCUT2D eigenvalue weighted by molar-refractivity contribution is -0.137. The van der Waals surface area contributed by atoms with Gasteiger partial charge in [-0.1, -0.05) is 41.4 Å². The summed E-state index contributed by atoms with van der Waals surface area (Å²) in [6, 6.07) is 14.8. The number of nitrogens with zero attached hydrogens (tertiary/aromatic N) is 1. The molecule has 3 amide bonds. The number of amides is 3. The summed E-state index contributed by atoms with van der Waals surface area (Å²) >= 11 is 11.8. The zero-order chi connectivity index (χ0) is 27.0. The van der Waals surface area contributed by atoms with Gasteiger partial charge in [-0.25, -0.2) is 5.43 Å². The third-order valence-electron chi connectivity index (χ3n) is 4.50. The van der Waals surface area contributed by atoms with Gasteiger partial charge in [-0.3, -0.25) is 14.4 Å². The lowest BCUT2D eigenvalue weighted by Gasteiger charge is -2.10. The number of nitrogens with one attached hydrogen (secondary N) is 3. The Hall–Kier alpha value is -4.09. The molecule has 0 saturated heterocycles. The van der Waals surface area contributed by atoms with Crippen molar-refractivity contribution in [3.63, 3.8) is 0 Å². The molecule has 37 heavy (non-hydrogen) atoms. The maximum atomic E-state index is 12.8. The number of carbonyl (C=O) groups is 3. The van der Waals surface area contributed by atoms with Crippen LogP contribution >= 0.6 is 23.2 Å². The van der Waals surface area contributed by atoms with Gasteiger partial charge in [0.05, 0.1) is 21.8 Å². The predicted molar refractivity (Wildman–Crippen MR) is 133 cm³/mol. The van der Waals surface area contributed by atoms with Gasteiger partial charge in [0.15, 0.2) is 6.61 Å². The zero-order valence-corrected chi connectivity index (χ0v) is 20.1. The Bertz CT molecular complexity index is 1350. The van der Waals surface area contributed by atoms with Crippen LogP contribution in [0.1, 0.15) is 11.1 Å². The minimum absolute atomic E-state index is 0.211. The number of alkyl halides is 3. The van der Waals surface area contributed by atoms with Gasteiger partial charge in [0.1, 0.15) is 5.75 Å². The summed E-state index contributed by atoms with van der Waals surface area (Å²) in [4.78, 5) is 36.2. The van der Waals surface area contributed by atoms with Crippen LogP contribution in [0.5, 0.6) is 5.75 Å². The smallest absolute Gasteiger partial charge is 0.416 e. The molecule has 0 aliphatic heterocycles. The van der Waals surface area contributed by atoms with Crippen molar-refractivity contribution in [3.05, 3.63) is 87.9 Å². The lowest BCUT2D eigenvalue weighted by Crippen LogP contribution is -2.32. The highest BCUT2D eigenvalue weighted by molar-refractivity contribution is 6.42. The number of benzene rings is 3. The van der Waals surface area contributed by atoms with Crippen molar-refractivity contribution in [3.8, 4) is 5.75 Å². The van der Waals surface area contributed by atoms with Crippen molar-refractivity contribution >= 4 is 58.5 Å². The quantitative estimate of drug-likeness (QED) is 0.215. The molecule has 0 aromatic heterocycles. The molecule has 0 radical (unpaired) electrons. The first-order valence-corrected chi connectivity index (χ1v) is 11.1. The van der Waals surface area contributed by atoms with Crippen LogP contribution in [0.25, 0.3) is 0 Å². The molecule has 13 heteroatoms. The highest BCUT2D eigenvalue weighted by Gasteiger charge is 2.30. The largest absolute Gasteiger partial charge is 0.483 e. The third kappa shape index (κ3) is 8.23. The number of para-hydroxylation sites is 1. The van der Waals surface area contributed by atoms with E-state index in [-0.39, 0.29) is 23.1 Å². The molecule has 3 aromatic rings. The van der Waals surface area contributed by atoms with E-state index in [2.05, 4.69) is 15.7 Å². The molecule has 0 aliphatic rings. The van der Waals surface area contributed by atoms with E-state index < -0.39 is 29.5 Å². The van der Waals surface area contributed by atoms with Gasteiger partial charge in [0, 0.05) is 16.9 Å². The summed E-state index contributed by atoms with van der Waals surface area (Å²) in [5.74, 6) is -2.67. The van der Waals surface area contributed by atoms with E-state index >= 15 is 0 Å². The second-order valence-electron chi connectivity index (χ2n) is 7.24. The van der Waals surface area contributed by atoms with Gasteiger partial charge in [-0.15, -0.1) is 0 Å². The Kier molecular flexibility index (Phi) is 9.10. The number of ether oxygens (including phenoxy) is 1. The number of hydrogen-bond donors (Lipinski definition) is 3. The first-order chi connectivity index (χ1) is 17.5. The number of halogens is 5. The summed E-state index contributed by atoms with van der Waals surface area (Å²) in [5, 5.41) is 8.93. The molecule has 192 valence electrons. The van der Waals surface area contributed by atoms with Crippen LogP contribution in [0.3, 0.4) is 0 Å². The number of hydrazone groups is 1. The summed E-state index contributed by atoms with van der Waals surface area (Å²) in [5.41, 5.74) is 1.56. The van der Waals surface area contributed by atoms with Crippen molar-refractivity contribution in [1.29, 1.82) is 0 Å². The van der Waals surface area contributed by atoms with Gasteiger partial charge in [0.25, 0.3) is 5.91 Å². The molecule has 0 bridgehead atoms. The normalized spacial score (nSPS) is 11.2. The highest BCUT2D eigenvalue weighted by atomic mass is 35.5. The Morgan fingerprint density at radius 2 is 1.59 bits per heavy atom. The predicted octanol–water partition coefficient (Wildman–Crippen LogP) is 5.12. The molecule has 0 saturated carbocycles. The van der Waals surface area contributed by atoms with Crippen LogP contribution in [-0.2, 0) is 20.6 Å². The SMILES string of the molecule is O=C(COc1ccccc1/C=N/NC(=O)C(=O)Nc1cccc(C(F)(F)F)c1)Nc1ccc(Cl)c(Cl)c1. The summed E-state index contributed by atoms with van der Waals surface area (Å²) in [6.45, 7) is -0.364. The van der Waals surface area contributed by atoms with Gasteiger partial charge < -0.3 is 15.4 Å². The van der Waals surface area contributed by atoms with Gasteiger partial charge in [-0.05, 0) is 48.5 Å². The molecule has 0 aliphatic carbocycles. The first kappa shape index (κ1) is 27.5. The zero-order valence-electron chi connectivity index (χ0n) is 18.6. The Morgan fingerprint density at radius 1 is 0.865 bits per heavy atom. The third-order valence-corrected chi connectivity index (χ3v) is 5.24. The molecule has 3 N–H and O–H groups in total. The lowest BCUT2D eigenvalue weighted by atomic mass is 10.2. The maximum absolute atomic E-state index is 12.8. The van der Waals surface area contributed by atoms with E-state index in [0.29, 0.717) is 22.3 Å². The van der Waals surface area contributed by atoms with Gasteiger partial charge in [0.2, 0.25) is 0 Å². The minimum atomic E-state index is -4.60. The average molecular weight is 553 g/mol. The maximum Gasteiger partial charge on any atom is 0.416 e. The monoisotopic (exact) mass is 552 g/mol. The summed E-state index contributed by atoms with van der Waals surface area (Å²) in [7, 11) is 0. The summed E-state index contributed by atoms with van der Waals surface area (Å²) in [6.07, 6.45) is -3.44. The van der Waals surface area contributed by atoms with Crippen LogP contribution < -0.4 is 20.8 Å². The molecule has 0 unspecified atom stereocenters. The van der Waals surface area contributed by atoms with E-state index in [0.717, 1.165) is 12.1 Å². The standard InChI is InChI=1S/C24H17Cl2F3N4O4/c25-18-9-8-17(11-19(18)26)31-21(34)13-37-20-7-2-1-4-14(20)12-30-33-23(36)22(35)32-16-6-3-5-15(10-16)24(27,28)29/h1-12H,13H2,(H,31,34)(H,32,35)(H,33,36)/b30-12+. The van der Waals surface area contributed by atoms with Crippen molar-refractivity contribution < 1.29 is 32.3 Å². The van der Waals surface area contributed by atoms with Crippen molar-refractivity contribution in [1.82, 2.24) is 5.43 Å². The molecule has 3 aromatic carbocycles. The number of carbonyl (C=O) groups excluding carboxylic acids is 3. The number of rotatable bonds is 7. The van der Waals surface area contributed by atoms with Crippen LogP contribution in [0.2, 0.25) is 10.0 Å². The molecule has 0 spiro atoms. The minimum Gasteiger partial charge on any atom is -0.483 e. The van der Waals surface area contributed by atoms with E-state index in [1.165, 1.54) is 24.4 Å². The first-order valence-electron chi connectivity index (χ1n) is 10.3. The molecule has 0 fully saturated rings. The second kappa shape index (κ2) is 12.2. The molecule has 0 heterocycles. The fraction of sp³-hybridized carbons (Fsp3) is 0.0833. The van der Waals surface area contributed by atoms with Crippen LogP contribution in [0.15, 0.2) is 71.8 Å². The van der Waals surface area contributed by atoms with E-state index in [1.807, 2.05) is 5.43 Å². The van der Waals surface area contributed by atoms with E-state index in [4.69, 9.17) is 27.9 Å². The average Bonchev–Trinajstić information content (AvgIpc) is 2.85. The van der Waals surface area contributed by atoms with Crippen LogP contribution in [0.4, 0.5) is 24.5 Å².